The molecule has 1 unspecified atom stereocenters. The summed E-state index contributed by atoms with van der Waals surface area (Å²) in [6.45, 7) is 3.55. The molecule has 23 heavy (non-hydrogen) atoms. The minimum atomic E-state index is -3.76. The lowest BCUT2D eigenvalue weighted by atomic mass is 10.0. The third-order valence-corrected chi connectivity index (χ3v) is 6.53. The zero-order chi connectivity index (χ0) is 16.8. The lowest BCUT2D eigenvalue weighted by Gasteiger charge is -2.37. The van der Waals surface area contributed by atoms with Crippen molar-refractivity contribution >= 4 is 15.9 Å². The maximum atomic E-state index is 13.7. The Bertz CT molecular complexity index is 742. The molecule has 8 heteroatoms. The molecule has 0 aliphatic carbocycles. The predicted octanol–water partition coefficient (Wildman–Crippen LogP) is 1.15. The molecule has 1 N–H and O–H groups in total. The number of benzene rings is 1. The quantitative estimate of drug-likeness (QED) is 0.875. The Morgan fingerprint density at radius 1 is 1.35 bits per heavy atom. The second-order valence-electron chi connectivity index (χ2n) is 6.01. The van der Waals surface area contributed by atoms with Gasteiger partial charge < -0.3 is 10.1 Å². The second kappa shape index (κ2) is 5.54. The summed E-state index contributed by atoms with van der Waals surface area (Å²) in [7, 11) is -3.76. The molecule has 126 valence electrons. The van der Waals surface area contributed by atoms with Crippen LogP contribution < -0.4 is 5.32 Å². The second-order valence-corrected chi connectivity index (χ2v) is 7.92. The Hall–Kier alpha value is -1.51. The normalized spacial score (nSPS) is 24.8. The van der Waals surface area contributed by atoms with Gasteiger partial charge in [0.05, 0.1) is 4.90 Å². The average molecular weight is 342 g/mol. The molecule has 0 saturated carbocycles. The molecule has 1 aromatic rings. The first-order valence-electron chi connectivity index (χ1n) is 7.50. The van der Waals surface area contributed by atoms with E-state index < -0.39 is 27.7 Å². The van der Waals surface area contributed by atoms with Crippen LogP contribution in [0.5, 0.6) is 0 Å². The molecule has 0 aromatic heterocycles. The predicted molar refractivity (Wildman–Crippen MR) is 80.6 cm³/mol. The third-order valence-electron chi connectivity index (χ3n) is 4.49. The highest BCUT2D eigenvalue weighted by Gasteiger charge is 2.47. The summed E-state index contributed by atoms with van der Waals surface area (Å²) < 4.78 is 46.1. The number of halogens is 1. The molecule has 2 heterocycles. The summed E-state index contributed by atoms with van der Waals surface area (Å²) in [4.78, 5) is 11.6. The van der Waals surface area contributed by atoms with Crippen molar-refractivity contribution in [2.45, 2.75) is 43.4 Å². The molecule has 0 radical (unpaired) electrons. The van der Waals surface area contributed by atoms with E-state index in [4.69, 9.17) is 4.74 Å². The van der Waals surface area contributed by atoms with E-state index in [0.717, 1.165) is 0 Å². The molecular weight excluding hydrogens is 323 g/mol. The molecule has 2 fully saturated rings. The van der Waals surface area contributed by atoms with Crippen LogP contribution in [0, 0.1) is 12.7 Å². The number of sulfonamides is 1. The molecule has 6 nitrogen and oxygen atoms in total. The zero-order valence-electron chi connectivity index (χ0n) is 13.0. The van der Waals surface area contributed by atoms with Crippen LogP contribution in [-0.2, 0) is 19.6 Å². The van der Waals surface area contributed by atoms with Gasteiger partial charge in [0.1, 0.15) is 17.6 Å². The first-order valence-corrected chi connectivity index (χ1v) is 8.94. The van der Waals surface area contributed by atoms with Gasteiger partial charge in [-0.1, -0.05) is 6.07 Å². The summed E-state index contributed by atoms with van der Waals surface area (Å²) in [5, 5.41) is 2.81. The number of ether oxygens (including phenoxy) is 1. The highest BCUT2D eigenvalue weighted by atomic mass is 32.2. The van der Waals surface area contributed by atoms with Gasteiger partial charge in [-0.3, -0.25) is 4.79 Å². The van der Waals surface area contributed by atoms with E-state index in [1.165, 1.54) is 29.4 Å². The van der Waals surface area contributed by atoms with Crippen LogP contribution in [0.1, 0.15) is 25.3 Å². The summed E-state index contributed by atoms with van der Waals surface area (Å²) in [5.41, 5.74) is -0.661. The lowest BCUT2D eigenvalue weighted by Crippen LogP contribution is -2.53. The molecule has 1 spiro atoms. The van der Waals surface area contributed by atoms with Crippen molar-refractivity contribution in [2.75, 3.05) is 13.1 Å². The van der Waals surface area contributed by atoms with Crippen molar-refractivity contribution in [1.82, 2.24) is 9.62 Å². The molecular formula is C15H19FN2O4S. The number of nitrogens with zero attached hydrogens (tertiary/aromatic N) is 1. The van der Waals surface area contributed by atoms with Gasteiger partial charge in [-0.2, -0.15) is 4.31 Å². The number of nitrogens with one attached hydrogen (secondary N) is 1. The highest BCUT2D eigenvalue weighted by molar-refractivity contribution is 7.89. The van der Waals surface area contributed by atoms with Crippen molar-refractivity contribution in [3.63, 3.8) is 0 Å². The number of hydrogen-bond acceptors (Lipinski definition) is 4. The monoisotopic (exact) mass is 342 g/mol. The minimum Gasteiger partial charge on any atom is -0.343 e. The maximum Gasteiger partial charge on any atom is 0.251 e. The standard InChI is InChI=1S/C15H19FN2O4S/c1-10-12(16)4-3-5-13(10)23(20,21)18-8-6-15(7-9-18)17-14(19)11(2)22-15/h3-5,11H,6-9H2,1-2H3,(H,17,19). The van der Waals surface area contributed by atoms with Crippen LogP contribution >= 0.6 is 0 Å². The number of hydrogen-bond donors (Lipinski definition) is 1. The van der Waals surface area contributed by atoms with Gasteiger partial charge in [0.25, 0.3) is 5.91 Å². The van der Waals surface area contributed by atoms with Crippen LogP contribution in [0.2, 0.25) is 0 Å². The van der Waals surface area contributed by atoms with Crippen molar-refractivity contribution in [1.29, 1.82) is 0 Å². The Balaban J connectivity index is 1.79. The van der Waals surface area contributed by atoms with Crippen molar-refractivity contribution in [2.24, 2.45) is 0 Å². The van der Waals surface area contributed by atoms with Crippen molar-refractivity contribution in [3.8, 4) is 0 Å². The van der Waals surface area contributed by atoms with E-state index in [0.29, 0.717) is 12.8 Å². The third kappa shape index (κ3) is 2.75. The van der Waals surface area contributed by atoms with Crippen LogP contribution in [0.3, 0.4) is 0 Å². The number of amides is 1. The minimum absolute atomic E-state index is 0.0156. The summed E-state index contributed by atoms with van der Waals surface area (Å²) in [6, 6.07) is 4.04. The van der Waals surface area contributed by atoms with E-state index >= 15 is 0 Å². The molecule has 1 atom stereocenters. The van der Waals surface area contributed by atoms with Gasteiger partial charge in [0.15, 0.2) is 0 Å². The van der Waals surface area contributed by atoms with Crippen LogP contribution in [0.4, 0.5) is 4.39 Å². The smallest absolute Gasteiger partial charge is 0.251 e. The fraction of sp³-hybridized carbons (Fsp3) is 0.533. The zero-order valence-corrected chi connectivity index (χ0v) is 13.8. The largest absolute Gasteiger partial charge is 0.343 e. The summed E-state index contributed by atoms with van der Waals surface area (Å²) >= 11 is 0. The van der Waals surface area contributed by atoms with Crippen LogP contribution in [-0.4, -0.2) is 43.5 Å². The van der Waals surface area contributed by atoms with Crippen LogP contribution in [0.15, 0.2) is 23.1 Å². The van der Waals surface area contributed by atoms with E-state index in [9.17, 15) is 17.6 Å². The van der Waals surface area contributed by atoms with Gasteiger partial charge in [0, 0.05) is 31.5 Å². The van der Waals surface area contributed by atoms with E-state index in [-0.39, 0.29) is 29.5 Å². The topological polar surface area (TPSA) is 75.7 Å². The molecule has 2 aliphatic heterocycles. The number of piperidine rings is 1. The van der Waals surface area contributed by atoms with E-state index in [1.807, 2.05) is 0 Å². The molecule has 3 rings (SSSR count). The maximum absolute atomic E-state index is 13.7. The molecule has 2 saturated heterocycles. The first-order chi connectivity index (χ1) is 10.8. The van der Waals surface area contributed by atoms with Gasteiger partial charge in [0.2, 0.25) is 10.0 Å². The van der Waals surface area contributed by atoms with Crippen molar-refractivity contribution < 1.29 is 22.3 Å². The molecule has 0 bridgehead atoms. The summed E-state index contributed by atoms with van der Waals surface area (Å²) in [6.07, 6.45) is 0.219. The van der Waals surface area contributed by atoms with E-state index in [1.54, 1.807) is 6.92 Å². The molecule has 1 aromatic carbocycles. The number of carbonyl (C=O) groups is 1. The van der Waals surface area contributed by atoms with Gasteiger partial charge in [-0.15, -0.1) is 0 Å². The summed E-state index contributed by atoms with van der Waals surface area (Å²) in [5.74, 6) is -0.720. The molecule has 1 amide bonds. The number of rotatable bonds is 2. The van der Waals surface area contributed by atoms with Crippen molar-refractivity contribution in [3.05, 3.63) is 29.6 Å². The van der Waals surface area contributed by atoms with Crippen LogP contribution in [0.25, 0.3) is 0 Å². The fourth-order valence-electron chi connectivity index (χ4n) is 3.08. The van der Waals surface area contributed by atoms with Gasteiger partial charge in [-0.05, 0) is 26.0 Å². The Labute approximate surface area is 134 Å². The molecule has 2 aliphatic rings. The van der Waals surface area contributed by atoms with E-state index in [2.05, 4.69) is 5.32 Å². The Kier molecular flexibility index (Phi) is 3.94. The lowest BCUT2D eigenvalue weighted by molar-refractivity contribution is -0.123. The first kappa shape index (κ1) is 16.4. The Morgan fingerprint density at radius 2 is 2.00 bits per heavy atom. The van der Waals surface area contributed by atoms with Gasteiger partial charge >= 0.3 is 0 Å². The SMILES string of the molecule is Cc1c(F)cccc1S(=O)(=O)N1CCC2(CC1)NC(=O)C(C)O2. The average Bonchev–Trinajstić information content (AvgIpc) is 2.76. The fourth-order valence-corrected chi connectivity index (χ4v) is 4.76. The Morgan fingerprint density at radius 3 is 2.57 bits per heavy atom. The van der Waals surface area contributed by atoms with Gasteiger partial charge in [-0.25, -0.2) is 12.8 Å². The highest BCUT2D eigenvalue weighted by Crippen LogP contribution is 2.32. The number of carbonyl (C=O) groups excluding carboxylic acids is 1.